The Morgan fingerprint density at radius 2 is 1.81 bits per heavy atom. The van der Waals surface area contributed by atoms with Gasteiger partial charge < -0.3 is 14.9 Å². The third kappa shape index (κ3) is 3.71. The summed E-state index contributed by atoms with van der Waals surface area (Å²) >= 11 is 0. The second-order valence-corrected chi connectivity index (χ2v) is 12.4. The molecule has 182 valence electrons. The average molecular weight is 449 g/mol. The number of aliphatic hydroxyl groups is 1. The van der Waals surface area contributed by atoms with Crippen molar-refractivity contribution in [1.82, 2.24) is 0 Å². The molecule has 4 fully saturated rings. The highest BCUT2D eigenvalue weighted by Crippen LogP contribution is 2.70. The zero-order chi connectivity index (χ0) is 23.3. The molecule has 32 heavy (non-hydrogen) atoms. The van der Waals surface area contributed by atoms with Crippen LogP contribution in [0, 0.1) is 46.3 Å². The third-order valence-corrected chi connectivity index (χ3v) is 11.3. The summed E-state index contributed by atoms with van der Waals surface area (Å²) in [6.07, 6.45) is 10.2. The number of aliphatic carboxylic acids is 1. The highest BCUT2D eigenvalue weighted by molar-refractivity contribution is 5.66. The van der Waals surface area contributed by atoms with Gasteiger partial charge in [0.15, 0.2) is 0 Å². The van der Waals surface area contributed by atoms with Gasteiger partial charge in [0.05, 0.1) is 5.60 Å². The summed E-state index contributed by atoms with van der Waals surface area (Å²) in [4.78, 5) is 22.1. The van der Waals surface area contributed by atoms with Crippen molar-refractivity contribution < 1.29 is 24.5 Å². The Bertz CT molecular complexity index is 723. The molecule has 2 N–H and O–H groups in total. The molecule has 0 aromatic heterocycles. The minimum absolute atomic E-state index is 0.00281. The van der Waals surface area contributed by atoms with Gasteiger partial charge in [0, 0.05) is 6.42 Å². The Balaban J connectivity index is 1.61. The van der Waals surface area contributed by atoms with Crippen molar-refractivity contribution >= 4 is 12.4 Å². The Kier molecular flexibility index (Phi) is 6.46. The Morgan fingerprint density at radius 3 is 2.47 bits per heavy atom. The number of carbonyl (C=O) groups is 2. The van der Waals surface area contributed by atoms with Crippen molar-refractivity contribution in [2.45, 2.75) is 110 Å². The van der Waals surface area contributed by atoms with Crippen molar-refractivity contribution in [3.8, 4) is 0 Å². The van der Waals surface area contributed by atoms with Gasteiger partial charge in [-0.05, 0) is 111 Å². The fraction of sp³-hybridized carbons (Fsp3) is 0.926. The van der Waals surface area contributed by atoms with E-state index in [9.17, 15) is 19.8 Å². The molecule has 0 aromatic rings. The van der Waals surface area contributed by atoms with Gasteiger partial charge in [-0.1, -0.05) is 27.7 Å². The number of ether oxygens (including phenoxy) is 1. The Hall–Kier alpha value is -1.10. The quantitative estimate of drug-likeness (QED) is 0.507. The van der Waals surface area contributed by atoms with Crippen LogP contribution in [-0.2, 0) is 14.3 Å². The Morgan fingerprint density at radius 1 is 1.12 bits per heavy atom. The van der Waals surface area contributed by atoms with Crippen LogP contribution in [0.3, 0.4) is 0 Å². The predicted molar refractivity (Wildman–Crippen MR) is 123 cm³/mol. The van der Waals surface area contributed by atoms with Crippen LogP contribution in [0.4, 0.5) is 0 Å². The van der Waals surface area contributed by atoms with E-state index in [0.29, 0.717) is 42.0 Å². The van der Waals surface area contributed by atoms with Crippen molar-refractivity contribution in [2.24, 2.45) is 46.3 Å². The van der Waals surface area contributed by atoms with Gasteiger partial charge in [0.25, 0.3) is 6.47 Å². The molecule has 5 heteroatoms. The molecule has 4 aliphatic rings. The van der Waals surface area contributed by atoms with Crippen molar-refractivity contribution in [3.05, 3.63) is 0 Å². The largest absolute Gasteiger partial charge is 0.481 e. The van der Waals surface area contributed by atoms with Crippen LogP contribution in [0.2, 0.25) is 0 Å². The second kappa shape index (κ2) is 8.60. The van der Waals surface area contributed by atoms with E-state index in [1.807, 2.05) is 0 Å². The van der Waals surface area contributed by atoms with Crippen LogP contribution in [0.5, 0.6) is 0 Å². The maximum Gasteiger partial charge on any atom is 0.303 e. The lowest BCUT2D eigenvalue weighted by Crippen LogP contribution is -2.63. The highest BCUT2D eigenvalue weighted by atomic mass is 16.5. The molecule has 4 rings (SSSR count). The van der Waals surface area contributed by atoms with Gasteiger partial charge in [-0.15, -0.1) is 0 Å². The molecule has 0 amide bonds. The van der Waals surface area contributed by atoms with E-state index < -0.39 is 11.6 Å². The second-order valence-electron chi connectivity index (χ2n) is 12.4. The molecule has 0 saturated heterocycles. The lowest BCUT2D eigenvalue weighted by atomic mass is 9.41. The van der Waals surface area contributed by atoms with Crippen LogP contribution in [0.15, 0.2) is 0 Å². The lowest BCUT2D eigenvalue weighted by molar-refractivity contribution is -0.221. The molecule has 10 atom stereocenters. The molecule has 5 nitrogen and oxygen atoms in total. The molecular formula is C27H44O5. The summed E-state index contributed by atoms with van der Waals surface area (Å²) in [6, 6.07) is 0. The number of fused-ring (bicyclic) bond motifs is 5. The summed E-state index contributed by atoms with van der Waals surface area (Å²) < 4.78 is 5.38. The first-order valence-corrected chi connectivity index (χ1v) is 13.1. The third-order valence-electron chi connectivity index (χ3n) is 11.3. The molecule has 4 aliphatic carbocycles. The van der Waals surface area contributed by atoms with E-state index in [2.05, 4.69) is 27.7 Å². The van der Waals surface area contributed by atoms with Crippen LogP contribution in [-0.4, -0.2) is 34.4 Å². The maximum atomic E-state index is 12.1. The molecular weight excluding hydrogens is 404 g/mol. The first-order valence-electron chi connectivity index (χ1n) is 13.1. The minimum Gasteiger partial charge on any atom is -0.481 e. The van der Waals surface area contributed by atoms with Crippen LogP contribution in [0.25, 0.3) is 0 Å². The zero-order valence-electron chi connectivity index (χ0n) is 20.5. The van der Waals surface area contributed by atoms with E-state index in [4.69, 9.17) is 4.74 Å². The van der Waals surface area contributed by atoms with E-state index in [1.165, 1.54) is 19.3 Å². The smallest absolute Gasteiger partial charge is 0.303 e. The highest BCUT2D eigenvalue weighted by Gasteiger charge is 2.66. The molecule has 1 unspecified atom stereocenters. The van der Waals surface area contributed by atoms with Gasteiger partial charge >= 0.3 is 5.97 Å². The van der Waals surface area contributed by atoms with Crippen molar-refractivity contribution in [2.75, 3.05) is 0 Å². The first kappa shape index (κ1) is 24.0. The predicted octanol–water partition coefficient (Wildman–Crippen LogP) is 5.44. The first-order chi connectivity index (χ1) is 15.1. The summed E-state index contributed by atoms with van der Waals surface area (Å²) in [5.41, 5.74) is -0.240. The van der Waals surface area contributed by atoms with Gasteiger partial charge in [0.1, 0.15) is 6.10 Å². The number of hydrogen-bond donors (Lipinski definition) is 2. The van der Waals surface area contributed by atoms with E-state index in [0.717, 1.165) is 44.9 Å². The molecule has 0 radical (unpaired) electrons. The van der Waals surface area contributed by atoms with E-state index in [-0.39, 0.29) is 23.4 Å². The molecule has 4 saturated carbocycles. The van der Waals surface area contributed by atoms with Crippen molar-refractivity contribution in [3.63, 3.8) is 0 Å². The van der Waals surface area contributed by atoms with Gasteiger partial charge in [-0.3, -0.25) is 9.59 Å². The molecule has 0 heterocycles. The van der Waals surface area contributed by atoms with Crippen LogP contribution < -0.4 is 0 Å². The topological polar surface area (TPSA) is 83.8 Å². The number of carbonyl (C=O) groups excluding carboxylic acids is 1. The maximum absolute atomic E-state index is 12.1. The fourth-order valence-corrected chi connectivity index (χ4v) is 9.49. The minimum atomic E-state index is -0.693. The normalized spacial score (nSPS) is 48.8. The van der Waals surface area contributed by atoms with Crippen LogP contribution in [0.1, 0.15) is 98.3 Å². The van der Waals surface area contributed by atoms with E-state index >= 15 is 0 Å². The molecule has 0 bridgehead atoms. The SMILES string of the molecule is CCC1(O)C[C@@H]2C[C@H](OC=O)CC[C@]2(C)[C@H]2CC[C@]3(C)[C@@H]([C@H](C)CCC(=O)O)CC[C@H]3[C@@H]21. The number of carboxylic acid groups (broad SMARTS) is 1. The molecule has 0 spiro atoms. The zero-order valence-corrected chi connectivity index (χ0v) is 20.5. The monoisotopic (exact) mass is 448 g/mol. The summed E-state index contributed by atoms with van der Waals surface area (Å²) in [5, 5.41) is 21.3. The molecule has 0 aliphatic heterocycles. The average Bonchev–Trinajstić information content (AvgIpc) is 3.10. The van der Waals surface area contributed by atoms with E-state index in [1.54, 1.807) is 0 Å². The van der Waals surface area contributed by atoms with Gasteiger partial charge in [-0.25, -0.2) is 0 Å². The van der Waals surface area contributed by atoms with Crippen LogP contribution >= 0.6 is 0 Å². The number of rotatable bonds is 7. The number of hydrogen-bond acceptors (Lipinski definition) is 4. The summed E-state index contributed by atoms with van der Waals surface area (Å²) in [6.45, 7) is 9.93. The number of carboxylic acids is 1. The molecule has 0 aromatic carbocycles. The Labute approximate surface area is 193 Å². The lowest BCUT2D eigenvalue weighted by Gasteiger charge is -2.65. The summed E-state index contributed by atoms with van der Waals surface area (Å²) in [7, 11) is 0. The summed E-state index contributed by atoms with van der Waals surface area (Å²) in [5.74, 6) is 2.04. The standard InChI is InChI=1S/C27H44O5/c1-5-27(31)15-18-14-19(32-16-28)10-12-25(18,3)22-11-13-26(4)20(7-8-21(26)24(22)27)17(2)6-9-23(29)30/h16-22,24,31H,5-15H2,1-4H3,(H,29,30)/t17-,18+,19-,20-,21+,22+,24+,25+,26-,27?/m1/s1. The van der Waals surface area contributed by atoms with Crippen molar-refractivity contribution in [1.29, 1.82) is 0 Å². The fourth-order valence-electron chi connectivity index (χ4n) is 9.49. The van der Waals surface area contributed by atoms with Gasteiger partial charge in [0.2, 0.25) is 0 Å². The van der Waals surface area contributed by atoms with Gasteiger partial charge in [-0.2, -0.15) is 0 Å².